The number of hydrogen-bond donors (Lipinski definition) is 0. The van der Waals surface area contributed by atoms with Crippen LogP contribution in [0.15, 0.2) is 11.6 Å². The van der Waals surface area contributed by atoms with Crippen molar-refractivity contribution in [1.82, 2.24) is 9.38 Å². The molecule has 2 aromatic heterocycles. The van der Waals surface area contributed by atoms with Crippen LogP contribution in [0.2, 0.25) is 0 Å². The lowest BCUT2D eigenvalue weighted by Gasteiger charge is -2.19. The van der Waals surface area contributed by atoms with Gasteiger partial charge in [0.2, 0.25) is 0 Å². The first-order valence-electron chi connectivity index (χ1n) is 5.34. The molecule has 1 unspecified atom stereocenters. The topological polar surface area (TPSA) is 17.3 Å². The molecule has 0 saturated carbocycles. The first-order valence-corrected chi connectivity index (χ1v) is 6.22. The van der Waals surface area contributed by atoms with Crippen molar-refractivity contribution in [2.24, 2.45) is 0 Å². The number of hydrogen-bond acceptors (Lipinski definition) is 2. The fraction of sp³-hybridized carbons (Fsp3) is 0.545. The van der Waals surface area contributed by atoms with Gasteiger partial charge in [0.1, 0.15) is 0 Å². The third-order valence-electron chi connectivity index (χ3n) is 3.24. The van der Waals surface area contributed by atoms with Crippen LogP contribution in [-0.2, 0) is 6.42 Å². The molecule has 0 N–H and O–H groups in total. The Morgan fingerprint density at radius 3 is 3.43 bits per heavy atom. The van der Waals surface area contributed by atoms with Crippen LogP contribution in [0.5, 0.6) is 0 Å². The lowest BCUT2D eigenvalue weighted by atomic mass is 9.88. The Hall–Kier alpha value is -0.830. The lowest BCUT2D eigenvalue weighted by molar-refractivity contribution is 0.523. The van der Waals surface area contributed by atoms with Crippen LogP contribution in [0.1, 0.15) is 43.5 Å². The smallest absolute Gasteiger partial charge is 0.194 e. The highest BCUT2D eigenvalue weighted by Gasteiger charge is 2.24. The van der Waals surface area contributed by atoms with E-state index in [1.54, 1.807) is 11.3 Å². The van der Waals surface area contributed by atoms with Crippen molar-refractivity contribution in [1.29, 1.82) is 0 Å². The fourth-order valence-electron chi connectivity index (χ4n) is 2.47. The molecule has 3 rings (SSSR count). The van der Waals surface area contributed by atoms with Gasteiger partial charge in [-0.25, -0.2) is 4.98 Å². The Kier molecular flexibility index (Phi) is 1.87. The zero-order valence-electron chi connectivity index (χ0n) is 8.36. The molecule has 74 valence electrons. The first kappa shape index (κ1) is 8.48. The average molecular weight is 206 g/mol. The van der Waals surface area contributed by atoms with Gasteiger partial charge in [-0.05, 0) is 25.7 Å². The molecule has 2 nitrogen and oxygen atoms in total. The van der Waals surface area contributed by atoms with E-state index in [1.165, 1.54) is 42.0 Å². The molecule has 0 spiro atoms. The van der Waals surface area contributed by atoms with E-state index in [1.807, 2.05) is 0 Å². The zero-order valence-corrected chi connectivity index (χ0v) is 9.18. The third kappa shape index (κ3) is 1.05. The van der Waals surface area contributed by atoms with Crippen LogP contribution >= 0.6 is 11.3 Å². The standard InChI is InChI=1S/C11H14N2S/c1-2-8-4-3-5-9-10(8)12-11-13(9)6-7-14-11/h6-8H,2-5H2,1H3. The summed E-state index contributed by atoms with van der Waals surface area (Å²) in [4.78, 5) is 5.92. The van der Waals surface area contributed by atoms with Crippen molar-refractivity contribution in [3.8, 4) is 0 Å². The molecule has 2 aromatic rings. The molecule has 14 heavy (non-hydrogen) atoms. The van der Waals surface area contributed by atoms with Crippen LogP contribution in [0, 0.1) is 0 Å². The summed E-state index contributed by atoms with van der Waals surface area (Å²) >= 11 is 1.75. The van der Waals surface area contributed by atoms with E-state index in [9.17, 15) is 0 Å². The summed E-state index contributed by atoms with van der Waals surface area (Å²) in [5.41, 5.74) is 2.85. The summed E-state index contributed by atoms with van der Waals surface area (Å²) in [7, 11) is 0. The number of thiazole rings is 1. The molecule has 0 bridgehead atoms. The summed E-state index contributed by atoms with van der Waals surface area (Å²) in [6.45, 7) is 2.27. The maximum Gasteiger partial charge on any atom is 0.194 e. The van der Waals surface area contributed by atoms with E-state index in [0.717, 1.165) is 0 Å². The minimum absolute atomic E-state index is 0.714. The van der Waals surface area contributed by atoms with Gasteiger partial charge in [-0.15, -0.1) is 11.3 Å². The predicted molar refractivity (Wildman–Crippen MR) is 59.0 cm³/mol. The summed E-state index contributed by atoms with van der Waals surface area (Å²) < 4.78 is 2.28. The Bertz CT molecular complexity index is 455. The number of imidazole rings is 1. The monoisotopic (exact) mass is 206 g/mol. The Morgan fingerprint density at radius 1 is 1.64 bits per heavy atom. The molecule has 2 heterocycles. The van der Waals surface area contributed by atoms with Crippen LogP contribution in [-0.4, -0.2) is 9.38 Å². The van der Waals surface area contributed by atoms with Gasteiger partial charge in [0, 0.05) is 23.2 Å². The second-order valence-corrected chi connectivity index (χ2v) is 4.87. The van der Waals surface area contributed by atoms with Gasteiger partial charge >= 0.3 is 0 Å². The van der Waals surface area contributed by atoms with Crippen LogP contribution in [0.3, 0.4) is 0 Å². The highest BCUT2D eigenvalue weighted by atomic mass is 32.1. The minimum atomic E-state index is 0.714. The summed E-state index contributed by atoms with van der Waals surface area (Å²) in [6.07, 6.45) is 7.26. The molecular formula is C11H14N2S. The highest BCUT2D eigenvalue weighted by Crippen LogP contribution is 2.34. The average Bonchev–Trinajstić information content (AvgIpc) is 2.76. The maximum absolute atomic E-state index is 4.75. The highest BCUT2D eigenvalue weighted by molar-refractivity contribution is 7.15. The number of aromatic nitrogens is 2. The third-order valence-corrected chi connectivity index (χ3v) is 3.99. The van der Waals surface area contributed by atoms with E-state index in [2.05, 4.69) is 22.9 Å². The van der Waals surface area contributed by atoms with Gasteiger partial charge in [-0.2, -0.15) is 0 Å². The van der Waals surface area contributed by atoms with Crippen molar-refractivity contribution in [2.45, 2.75) is 38.5 Å². The molecule has 0 aromatic carbocycles. The molecule has 0 radical (unpaired) electrons. The van der Waals surface area contributed by atoms with Gasteiger partial charge in [-0.1, -0.05) is 6.92 Å². The lowest BCUT2D eigenvalue weighted by Crippen LogP contribution is -2.09. The molecule has 0 amide bonds. The maximum atomic E-state index is 4.75. The van der Waals surface area contributed by atoms with E-state index in [-0.39, 0.29) is 0 Å². The minimum Gasteiger partial charge on any atom is -0.294 e. The van der Waals surface area contributed by atoms with E-state index >= 15 is 0 Å². The Balaban J connectivity index is 2.22. The largest absolute Gasteiger partial charge is 0.294 e. The molecule has 0 aliphatic heterocycles. The van der Waals surface area contributed by atoms with Crippen LogP contribution in [0.25, 0.3) is 4.96 Å². The molecular weight excluding hydrogens is 192 g/mol. The second kappa shape index (κ2) is 3.09. The van der Waals surface area contributed by atoms with Crippen molar-refractivity contribution in [2.75, 3.05) is 0 Å². The number of aryl methyl sites for hydroxylation is 1. The first-order chi connectivity index (χ1) is 6.90. The quantitative estimate of drug-likeness (QED) is 0.700. The second-order valence-electron chi connectivity index (χ2n) is 4.00. The van der Waals surface area contributed by atoms with Crippen LogP contribution < -0.4 is 0 Å². The van der Waals surface area contributed by atoms with Gasteiger partial charge in [0.05, 0.1) is 5.69 Å². The van der Waals surface area contributed by atoms with Crippen molar-refractivity contribution in [3.05, 3.63) is 23.0 Å². The normalized spacial score (nSPS) is 21.4. The van der Waals surface area contributed by atoms with E-state index < -0.39 is 0 Å². The molecule has 1 aliphatic rings. The molecule has 1 atom stereocenters. The number of nitrogens with zero attached hydrogens (tertiary/aromatic N) is 2. The fourth-order valence-corrected chi connectivity index (χ4v) is 3.21. The predicted octanol–water partition coefficient (Wildman–Crippen LogP) is 3.23. The molecule has 0 saturated heterocycles. The van der Waals surface area contributed by atoms with Gasteiger partial charge in [0.25, 0.3) is 0 Å². The zero-order chi connectivity index (χ0) is 9.54. The van der Waals surface area contributed by atoms with Gasteiger partial charge in [-0.3, -0.25) is 4.40 Å². The van der Waals surface area contributed by atoms with Crippen LogP contribution in [0.4, 0.5) is 0 Å². The number of rotatable bonds is 1. The van der Waals surface area contributed by atoms with Gasteiger partial charge < -0.3 is 0 Å². The van der Waals surface area contributed by atoms with Gasteiger partial charge in [0.15, 0.2) is 4.96 Å². The Morgan fingerprint density at radius 2 is 2.57 bits per heavy atom. The van der Waals surface area contributed by atoms with Crippen molar-refractivity contribution >= 4 is 16.3 Å². The van der Waals surface area contributed by atoms with Crippen molar-refractivity contribution in [3.63, 3.8) is 0 Å². The van der Waals surface area contributed by atoms with Crippen molar-refractivity contribution < 1.29 is 0 Å². The number of fused-ring (bicyclic) bond motifs is 3. The Labute approximate surface area is 87.6 Å². The molecule has 1 aliphatic carbocycles. The summed E-state index contributed by atoms with van der Waals surface area (Å²) in [5, 5.41) is 2.12. The van der Waals surface area contributed by atoms with E-state index in [0.29, 0.717) is 5.92 Å². The summed E-state index contributed by atoms with van der Waals surface area (Å²) in [6, 6.07) is 0. The van der Waals surface area contributed by atoms with E-state index in [4.69, 9.17) is 4.98 Å². The molecule has 3 heteroatoms. The summed E-state index contributed by atoms with van der Waals surface area (Å²) in [5.74, 6) is 0.714. The SMILES string of the molecule is CCC1CCCc2c1nc1sccn21. The molecule has 0 fully saturated rings.